The first-order chi connectivity index (χ1) is 11.5. The lowest BCUT2D eigenvalue weighted by atomic mass is 10.1. The van der Waals surface area contributed by atoms with Gasteiger partial charge >= 0.3 is 0 Å². The van der Waals surface area contributed by atoms with E-state index in [4.69, 9.17) is 0 Å². The van der Waals surface area contributed by atoms with Crippen molar-refractivity contribution < 1.29 is 4.79 Å². The predicted molar refractivity (Wildman–Crippen MR) is 92.3 cm³/mol. The van der Waals surface area contributed by atoms with Crippen LogP contribution in [0.1, 0.15) is 42.4 Å². The van der Waals surface area contributed by atoms with Crippen molar-refractivity contribution in [3.63, 3.8) is 0 Å². The van der Waals surface area contributed by atoms with Gasteiger partial charge in [0.25, 0.3) is 5.91 Å². The lowest BCUT2D eigenvalue weighted by Crippen LogP contribution is -2.18. The number of anilines is 1. The molecule has 0 saturated carbocycles. The third-order valence-electron chi connectivity index (χ3n) is 4.02. The summed E-state index contributed by atoms with van der Waals surface area (Å²) in [6.45, 7) is 5.96. The quantitative estimate of drug-likeness (QED) is 0.771. The van der Waals surface area contributed by atoms with Gasteiger partial charge in [-0.1, -0.05) is 6.92 Å². The van der Waals surface area contributed by atoms with Crippen molar-refractivity contribution in [1.82, 2.24) is 19.7 Å². The van der Waals surface area contributed by atoms with Gasteiger partial charge in [0.1, 0.15) is 5.69 Å². The molecule has 0 saturated heterocycles. The molecule has 1 atom stereocenters. The van der Waals surface area contributed by atoms with Gasteiger partial charge in [-0.15, -0.1) is 0 Å². The van der Waals surface area contributed by atoms with Gasteiger partial charge in [0.05, 0.1) is 23.2 Å². The Morgan fingerprint density at radius 2 is 2.25 bits per heavy atom. The van der Waals surface area contributed by atoms with Crippen LogP contribution in [-0.4, -0.2) is 25.7 Å². The molecule has 1 amide bonds. The zero-order valence-electron chi connectivity index (χ0n) is 13.8. The summed E-state index contributed by atoms with van der Waals surface area (Å²) >= 11 is 0. The molecule has 24 heavy (non-hydrogen) atoms. The first kappa shape index (κ1) is 15.9. The van der Waals surface area contributed by atoms with E-state index in [1.165, 1.54) is 18.5 Å². The molecule has 0 spiro atoms. The van der Waals surface area contributed by atoms with Crippen LogP contribution in [0.5, 0.6) is 0 Å². The monoisotopic (exact) mass is 325 g/mol. The molecule has 2 N–H and O–H groups in total. The lowest BCUT2D eigenvalue weighted by Gasteiger charge is -2.11. The number of hydrogen-bond donors (Lipinski definition) is 2. The van der Waals surface area contributed by atoms with Crippen LogP contribution in [0.3, 0.4) is 0 Å². The Balaban J connectivity index is 2.06. The summed E-state index contributed by atoms with van der Waals surface area (Å²) in [5.41, 5.74) is 1.81. The molecule has 3 rings (SSSR count). The van der Waals surface area contributed by atoms with Crippen molar-refractivity contribution in [1.29, 1.82) is 0 Å². The fraction of sp³-hybridized carbons (Fsp3) is 0.294. The molecule has 3 heterocycles. The molecule has 0 aromatic carbocycles. The summed E-state index contributed by atoms with van der Waals surface area (Å²) in [4.78, 5) is 31.8. The molecule has 0 radical (unpaired) electrons. The van der Waals surface area contributed by atoms with E-state index in [9.17, 15) is 9.59 Å². The average molecular weight is 325 g/mol. The number of hydrogen-bond acceptors (Lipinski definition) is 4. The van der Waals surface area contributed by atoms with Crippen molar-refractivity contribution in [2.75, 3.05) is 5.32 Å². The van der Waals surface area contributed by atoms with Gasteiger partial charge in [0.2, 0.25) is 5.43 Å². The zero-order valence-corrected chi connectivity index (χ0v) is 13.8. The molecule has 0 bridgehead atoms. The number of carbonyl (C=O) groups excluding carboxylic acids is 1. The number of aromatic amines is 1. The van der Waals surface area contributed by atoms with Gasteiger partial charge < -0.3 is 10.3 Å². The van der Waals surface area contributed by atoms with E-state index in [1.54, 1.807) is 12.3 Å². The van der Waals surface area contributed by atoms with Crippen LogP contribution in [0.4, 0.5) is 5.69 Å². The van der Waals surface area contributed by atoms with Gasteiger partial charge in [0, 0.05) is 24.2 Å². The number of nitrogens with zero attached hydrogens (tertiary/aromatic N) is 3. The van der Waals surface area contributed by atoms with Crippen LogP contribution < -0.4 is 10.7 Å². The van der Waals surface area contributed by atoms with E-state index >= 15 is 0 Å². The van der Waals surface area contributed by atoms with Crippen molar-refractivity contribution in [2.24, 2.45) is 0 Å². The fourth-order valence-corrected chi connectivity index (χ4v) is 2.53. The van der Waals surface area contributed by atoms with Crippen molar-refractivity contribution in [2.45, 2.75) is 33.2 Å². The molecule has 0 aliphatic heterocycles. The highest BCUT2D eigenvalue weighted by molar-refractivity contribution is 6.11. The van der Waals surface area contributed by atoms with Crippen molar-refractivity contribution in [3.8, 4) is 0 Å². The summed E-state index contributed by atoms with van der Waals surface area (Å²) < 4.78 is 1.83. The van der Waals surface area contributed by atoms with Crippen LogP contribution in [-0.2, 0) is 0 Å². The molecule has 3 aromatic heterocycles. The summed E-state index contributed by atoms with van der Waals surface area (Å²) in [6.07, 6.45) is 5.54. The van der Waals surface area contributed by atoms with Gasteiger partial charge in [-0.3, -0.25) is 9.59 Å². The van der Waals surface area contributed by atoms with E-state index in [-0.39, 0.29) is 23.1 Å². The maximum absolute atomic E-state index is 12.7. The van der Waals surface area contributed by atoms with Gasteiger partial charge in [-0.2, -0.15) is 5.10 Å². The molecule has 7 nitrogen and oxygen atoms in total. The minimum absolute atomic E-state index is 0.185. The number of amides is 1. The van der Waals surface area contributed by atoms with E-state index in [2.05, 4.69) is 34.2 Å². The Morgan fingerprint density at radius 1 is 1.46 bits per heavy atom. The molecular weight excluding hydrogens is 306 g/mol. The van der Waals surface area contributed by atoms with Crippen LogP contribution >= 0.6 is 0 Å². The summed E-state index contributed by atoms with van der Waals surface area (Å²) in [7, 11) is 0. The Hall–Kier alpha value is -2.96. The Morgan fingerprint density at radius 3 is 2.96 bits per heavy atom. The highest BCUT2D eigenvalue weighted by Gasteiger charge is 2.18. The van der Waals surface area contributed by atoms with E-state index in [0.717, 1.165) is 12.1 Å². The van der Waals surface area contributed by atoms with Crippen LogP contribution in [0.25, 0.3) is 11.0 Å². The first-order valence-electron chi connectivity index (χ1n) is 7.84. The fourth-order valence-electron chi connectivity index (χ4n) is 2.53. The number of carbonyl (C=O) groups is 1. The average Bonchev–Trinajstić information content (AvgIpc) is 2.99. The summed E-state index contributed by atoms with van der Waals surface area (Å²) in [5.74, 6) is -0.356. The van der Waals surface area contributed by atoms with Gasteiger partial charge in [-0.25, -0.2) is 9.67 Å². The normalized spacial score (nSPS) is 12.3. The van der Waals surface area contributed by atoms with E-state index < -0.39 is 0 Å². The number of rotatable bonds is 4. The largest absolute Gasteiger partial charge is 0.366 e. The third-order valence-corrected chi connectivity index (χ3v) is 4.02. The Kier molecular flexibility index (Phi) is 4.16. The van der Waals surface area contributed by atoms with E-state index in [0.29, 0.717) is 16.6 Å². The molecule has 124 valence electrons. The number of aromatic nitrogens is 4. The molecule has 1 unspecified atom stereocenters. The molecule has 0 aliphatic rings. The molecule has 0 fully saturated rings. The smallest absolute Gasteiger partial charge is 0.256 e. The second kappa shape index (κ2) is 6.27. The number of aryl methyl sites for hydroxylation is 1. The topological polar surface area (TPSA) is 92.7 Å². The molecular formula is C17H19N5O2. The Bertz CT molecular complexity index is 957. The van der Waals surface area contributed by atoms with Crippen LogP contribution in [0.2, 0.25) is 0 Å². The predicted octanol–water partition coefficient (Wildman–Crippen LogP) is 2.65. The summed E-state index contributed by atoms with van der Waals surface area (Å²) in [5, 5.41) is 7.70. The maximum Gasteiger partial charge on any atom is 0.256 e. The third kappa shape index (κ3) is 2.80. The second-order valence-corrected chi connectivity index (χ2v) is 5.77. The summed E-state index contributed by atoms with van der Waals surface area (Å²) in [6, 6.07) is 3.26. The van der Waals surface area contributed by atoms with Crippen LogP contribution in [0, 0.1) is 6.92 Å². The van der Waals surface area contributed by atoms with Gasteiger partial charge in [-0.05, 0) is 26.3 Å². The highest BCUT2D eigenvalue weighted by Crippen LogP contribution is 2.22. The zero-order chi connectivity index (χ0) is 17.3. The van der Waals surface area contributed by atoms with Gasteiger partial charge in [0.15, 0.2) is 5.65 Å². The minimum Gasteiger partial charge on any atom is -0.366 e. The van der Waals surface area contributed by atoms with E-state index in [1.807, 2.05) is 11.6 Å². The number of nitrogens with one attached hydrogen (secondary N) is 2. The standard InChI is InChI=1S/C17H19N5O2/c1-4-11(3)22-16-13(8-19-22)12(7-10(2)20-16)17(24)21-14-9-18-6-5-15(14)23/h5-9,11H,4H2,1-3H3,(H,18,23)(H,21,24). The van der Waals surface area contributed by atoms with Crippen molar-refractivity contribution in [3.05, 3.63) is 52.2 Å². The number of fused-ring (bicyclic) bond motifs is 1. The number of pyridine rings is 2. The number of H-pyrrole nitrogens is 1. The maximum atomic E-state index is 12.7. The Labute approximate surface area is 138 Å². The lowest BCUT2D eigenvalue weighted by molar-refractivity contribution is 0.102. The molecule has 7 heteroatoms. The minimum atomic E-state index is -0.356. The first-order valence-corrected chi connectivity index (χ1v) is 7.84. The molecule has 3 aromatic rings. The highest BCUT2D eigenvalue weighted by atomic mass is 16.2. The SMILES string of the molecule is CCC(C)n1ncc2c(C(=O)Nc3c[nH]ccc3=O)cc(C)nc21. The second-order valence-electron chi connectivity index (χ2n) is 5.77. The van der Waals surface area contributed by atoms with Crippen molar-refractivity contribution >= 4 is 22.6 Å². The molecule has 0 aliphatic carbocycles. The van der Waals surface area contributed by atoms with Crippen LogP contribution in [0.15, 0.2) is 35.5 Å².